The average molecular weight is 759 g/mol. The molecule has 0 N–H and O–H groups in total. The third kappa shape index (κ3) is 7.86. The molecule has 3 aromatic heterocycles. The molecule has 12 nitrogen and oxygen atoms in total. The van der Waals surface area contributed by atoms with Crippen molar-refractivity contribution < 1.29 is 46.5 Å². The van der Waals surface area contributed by atoms with Crippen molar-refractivity contribution in [2.75, 3.05) is 6.61 Å². The van der Waals surface area contributed by atoms with E-state index in [1.54, 1.807) is 5.38 Å². The number of aromatic nitrogens is 5. The van der Waals surface area contributed by atoms with Crippen molar-refractivity contribution in [3.8, 4) is 10.7 Å². The first-order chi connectivity index (χ1) is 19.7. The van der Waals surface area contributed by atoms with Gasteiger partial charge in [0.1, 0.15) is 39.5 Å². The van der Waals surface area contributed by atoms with Crippen LogP contribution < -0.4 is 0 Å². The van der Waals surface area contributed by atoms with Crippen molar-refractivity contribution in [3.05, 3.63) is 38.6 Å². The highest BCUT2D eigenvalue weighted by Crippen LogP contribution is 2.43. The van der Waals surface area contributed by atoms with Gasteiger partial charge in [-0.05, 0) is 37.9 Å². The zero-order valence-electron chi connectivity index (χ0n) is 21.7. The fourth-order valence-corrected chi connectivity index (χ4v) is 7.04. The SMILES string of the molecule is CC(=O)OC[C@H]1O[C@H](Sc2cnc(C(F)(F)F)c(Br)c2)[C@H](OC(C)=O)[C@@H](n2cc(-c3nc(Br)cs3)nn2)[C@H]1OC(C)=O. The minimum atomic E-state index is -4.70. The zero-order valence-corrected chi connectivity index (χ0v) is 26.5. The molecule has 5 atom stereocenters. The summed E-state index contributed by atoms with van der Waals surface area (Å²) in [6.07, 6.45) is -5.75. The number of hydrogen-bond donors (Lipinski definition) is 0. The summed E-state index contributed by atoms with van der Waals surface area (Å²) in [4.78, 5) is 44.2. The van der Waals surface area contributed by atoms with Crippen molar-refractivity contribution in [2.24, 2.45) is 0 Å². The molecule has 19 heteroatoms. The number of thiazole rings is 1. The minimum Gasteiger partial charge on any atom is -0.463 e. The highest BCUT2D eigenvalue weighted by atomic mass is 79.9. The van der Waals surface area contributed by atoms with Crippen molar-refractivity contribution >= 4 is 72.9 Å². The molecule has 1 aliphatic heterocycles. The number of thioether (sulfide) groups is 1. The summed E-state index contributed by atoms with van der Waals surface area (Å²) in [7, 11) is 0. The smallest absolute Gasteiger partial charge is 0.434 e. The topological polar surface area (TPSA) is 145 Å². The molecule has 226 valence electrons. The predicted molar refractivity (Wildman–Crippen MR) is 147 cm³/mol. The average Bonchev–Trinajstić information content (AvgIpc) is 3.52. The van der Waals surface area contributed by atoms with Crippen LogP contribution in [0.3, 0.4) is 0 Å². The molecule has 0 aliphatic carbocycles. The Hall–Kier alpha value is -2.61. The monoisotopic (exact) mass is 757 g/mol. The summed E-state index contributed by atoms with van der Waals surface area (Å²) in [5.74, 6) is -2.08. The van der Waals surface area contributed by atoms with E-state index in [0.29, 0.717) is 15.3 Å². The van der Waals surface area contributed by atoms with Crippen LogP contribution in [0.2, 0.25) is 0 Å². The first-order valence-corrected chi connectivity index (χ1v) is 15.1. The Labute approximate surface area is 260 Å². The largest absolute Gasteiger partial charge is 0.463 e. The van der Waals surface area contributed by atoms with Crippen LogP contribution in [0.25, 0.3) is 10.7 Å². The summed E-state index contributed by atoms with van der Waals surface area (Å²) in [5, 5.41) is 10.6. The van der Waals surface area contributed by atoms with Crippen LogP contribution in [0.15, 0.2) is 37.8 Å². The van der Waals surface area contributed by atoms with E-state index in [4.69, 9.17) is 18.9 Å². The molecule has 1 aliphatic rings. The quantitative estimate of drug-likeness (QED) is 0.229. The Morgan fingerprint density at radius 2 is 1.81 bits per heavy atom. The van der Waals surface area contributed by atoms with Gasteiger partial charge in [0.15, 0.2) is 17.9 Å². The van der Waals surface area contributed by atoms with Crippen molar-refractivity contribution in [1.29, 1.82) is 0 Å². The standard InChI is InChI=1S/C23H20Br2F3N5O7S2/c1-9(34)37-7-15-18(38-10(2)35)17(33-6-14(31-32-33)21-30-16(25)8-41-21)19(39-11(3)36)22(40-15)42-12-4-13(24)20(29-5-12)23(26,27)28/h4-6,8,15,17-19,22H,7H2,1-3H3/t15-,17+,18+,19-,22-/m1/s1. The van der Waals surface area contributed by atoms with Crippen molar-refractivity contribution in [1.82, 2.24) is 25.0 Å². The van der Waals surface area contributed by atoms with Gasteiger partial charge < -0.3 is 18.9 Å². The van der Waals surface area contributed by atoms with Gasteiger partial charge in [-0.2, -0.15) is 13.2 Å². The van der Waals surface area contributed by atoms with E-state index in [1.807, 2.05) is 0 Å². The molecule has 0 aromatic carbocycles. The second-order valence-electron chi connectivity index (χ2n) is 8.66. The highest BCUT2D eigenvalue weighted by molar-refractivity contribution is 9.10. The fourth-order valence-electron chi connectivity index (χ4n) is 4.00. The molecule has 0 amide bonds. The first kappa shape index (κ1) is 32.3. The Morgan fingerprint density at radius 1 is 1.12 bits per heavy atom. The second-order valence-corrected chi connectivity index (χ2v) is 12.4. The summed E-state index contributed by atoms with van der Waals surface area (Å²) < 4.78 is 63.9. The van der Waals surface area contributed by atoms with E-state index in [2.05, 4.69) is 52.1 Å². The molecule has 1 fully saturated rings. The van der Waals surface area contributed by atoms with Crippen LogP contribution >= 0.6 is 55.0 Å². The number of pyridine rings is 1. The van der Waals surface area contributed by atoms with Crippen LogP contribution in [0.1, 0.15) is 32.5 Å². The Bertz CT molecular complexity index is 1470. The van der Waals surface area contributed by atoms with E-state index in [9.17, 15) is 27.6 Å². The lowest BCUT2D eigenvalue weighted by Crippen LogP contribution is -2.57. The van der Waals surface area contributed by atoms with E-state index in [0.717, 1.165) is 31.8 Å². The van der Waals surface area contributed by atoms with Gasteiger partial charge in [0, 0.05) is 41.7 Å². The number of nitrogens with zero attached hydrogens (tertiary/aromatic N) is 5. The molecule has 0 saturated carbocycles. The number of esters is 3. The zero-order chi connectivity index (χ0) is 30.8. The summed E-state index contributed by atoms with van der Waals surface area (Å²) >= 11 is 8.36. The highest BCUT2D eigenvalue weighted by Gasteiger charge is 2.52. The number of hydrogen-bond acceptors (Lipinski definition) is 13. The number of rotatable bonds is 8. The summed E-state index contributed by atoms with van der Waals surface area (Å²) in [6, 6.07) is 0.108. The molecule has 3 aromatic rings. The lowest BCUT2D eigenvalue weighted by molar-refractivity contribution is -0.212. The number of ether oxygens (including phenoxy) is 4. The van der Waals surface area contributed by atoms with Gasteiger partial charge in [0.2, 0.25) is 0 Å². The first-order valence-electron chi connectivity index (χ1n) is 11.8. The minimum absolute atomic E-state index is 0.222. The van der Waals surface area contributed by atoms with Crippen LogP contribution in [0, 0.1) is 0 Å². The van der Waals surface area contributed by atoms with Crippen molar-refractivity contribution in [3.63, 3.8) is 0 Å². The summed E-state index contributed by atoms with van der Waals surface area (Å²) in [6.45, 7) is 3.12. The Kier molecular flexibility index (Phi) is 10.3. The third-order valence-corrected chi connectivity index (χ3v) is 8.81. The molecule has 1 saturated heterocycles. The number of alkyl halides is 3. The maximum absolute atomic E-state index is 13.3. The lowest BCUT2D eigenvalue weighted by atomic mass is 9.96. The van der Waals surface area contributed by atoms with Gasteiger partial charge in [-0.1, -0.05) is 17.0 Å². The van der Waals surface area contributed by atoms with E-state index in [1.165, 1.54) is 35.2 Å². The third-order valence-electron chi connectivity index (χ3n) is 5.52. The van der Waals surface area contributed by atoms with Gasteiger partial charge in [-0.3, -0.25) is 14.4 Å². The molecular formula is C23H20Br2F3N5O7S2. The molecule has 4 heterocycles. The van der Waals surface area contributed by atoms with E-state index >= 15 is 0 Å². The number of carbonyl (C=O) groups excluding carboxylic acids is 3. The Balaban J connectivity index is 1.79. The lowest BCUT2D eigenvalue weighted by Gasteiger charge is -2.44. The molecule has 0 unspecified atom stereocenters. The maximum Gasteiger partial charge on any atom is 0.434 e. The van der Waals surface area contributed by atoms with Crippen LogP contribution in [0.4, 0.5) is 13.2 Å². The Morgan fingerprint density at radius 3 is 2.38 bits per heavy atom. The molecule has 0 bridgehead atoms. The normalized spacial score (nSPS) is 22.4. The van der Waals surface area contributed by atoms with Gasteiger partial charge in [-0.25, -0.2) is 14.6 Å². The van der Waals surface area contributed by atoms with Crippen LogP contribution in [-0.4, -0.2) is 73.2 Å². The molecule has 0 radical (unpaired) electrons. The molecular weight excluding hydrogens is 739 g/mol. The fraction of sp³-hybridized carbons (Fsp3) is 0.435. The van der Waals surface area contributed by atoms with E-state index < -0.39 is 59.6 Å². The molecule has 0 spiro atoms. The van der Waals surface area contributed by atoms with Crippen LogP contribution in [0.5, 0.6) is 0 Å². The van der Waals surface area contributed by atoms with Gasteiger partial charge >= 0.3 is 24.1 Å². The molecule has 4 rings (SSSR count). The molecule has 42 heavy (non-hydrogen) atoms. The maximum atomic E-state index is 13.3. The van der Waals surface area contributed by atoms with Gasteiger partial charge in [-0.15, -0.1) is 16.4 Å². The van der Waals surface area contributed by atoms with E-state index in [-0.39, 0.29) is 16.0 Å². The van der Waals surface area contributed by atoms with Gasteiger partial charge in [0.05, 0.1) is 6.20 Å². The van der Waals surface area contributed by atoms with Crippen LogP contribution in [-0.2, 0) is 39.5 Å². The van der Waals surface area contributed by atoms with Crippen molar-refractivity contribution in [2.45, 2.75) is 61.6 Å². The predicted octanol–water partition coefficient (Wildman–Crippen LogP) is 4.83. The number of carbonyl (C=O) groups is 3. The summed E-state index contributed by atoms with van der Waals surface area (Å²) in [5.41, 5.74) is -1.90. The number of halogens is 5. The second kappa shape index (κ2) is 13.4. The van der Waals surface area contributed by atoms with Gasteiger partial charge in [0.25, 0.3) is 0 Å².